The fourth-order valence-electron chi connectivity index (χ4n) is 2.22. The van der Waals surface area contributed by atoms with Gasteiger partial charge in [-0.1, -0.05) is 31.5 Å². The summed E-state index contributed by atoms with van der Waals surface area (Å²) in [5.74, 6) is 0.378. The van der Waals surface area contributed by atoms with Crippen LogP contribution in [0.2, 0.25) is 5.02 Å². The lowest BCUT2D eigenvalue weighted by Crippen LogP contribution is -2.27. The van der Waals surface area contributed by atoms with Gasteiger partial charge in [-0.25, -0.2) is 4.39 Å². The van der Waals surface area contributed by atoms with E-state index in [-0.39, 0.29) is 10.8 Å². The molecule has 1 aliphatic rings. The van der Waals surface area contributed by atoms with Crippen molar-refractivity contribution in [2.24, 2.45) is 11.3 Å². The van der Waals surface area contributed by atoms with Crippen LogP contribution in [0.5, 0.6) is 0 Å². The highest BCUT2D eigenvalue weighted by Crippen LogP contribution is 2.51. The summed E-state index contributed by atoms with van der Waals surface area (Å²) in [6.45, 7) is 6.36. The normalized spacial score (nSPS) is 17.5. The van der Waals surface area contributed by atoms with Crippen molar-refractivity contribution in [1.29, 1.82) is 0 Å². The third kappa shape index (κ3) is 2.99. The van der Waals surface area contributed by atoms with Gasteiger partial charge in [-0.05, 0) is 41.9 Å². The fourth-order valence-corrected chi connectivity index (χ4v) is 2.43. The molecule has 0 atom stereocenters. The maximum Gasteiger partial charge on any atom is 0.141 e. The Kier molecular flexibility index (Phi) is 3.74. The van der Waals surface area contributed by atoms with Crippen molar-refractivity contribution in [3.63, 3.8) is 0 Å². The maximum atomic E-state index is 13.0. The summed E-state index contributed by atoms with van der Waals surface area (Å²) >= 11 is 5.74. The molecule has 0 aliphatic heterocycles. The van der Waals surface area contributed by atoms with E-state index >= 15 is 0 Å². The van der Waals surface area contributed by atoms with Gasteiger partial charge >= 0.3 is 0 Å². The van der Waals surface area contributed by atoms with Gasteiger partial charge in [0.15, 0.2) is 0 Å². The molecular formula is C14H19ClFN. The smallest absolute Gasteiger partial charge is 0.141 e. The van der Waals surface area contributed by atoms with E-state index in [1.165, 1.54) is 18.9 Å². The molecule has 3 heteroatoms. The maximum absolute atomic E-state index is 13.0. The van der Waals surface area contributed by atoms with E-state index in [0.29, 0.717) is 5.41 Å². The molecule has 0 aromatic heterocycles. The quantitative estimate of drug-likeness (QED) is 0.839. The minimum absolute atomic E-state index is 0.203. The SMILES string of the molecule is CC(C)C1(CNCc2ccc(F)c(Cl)c2)CC1. The highest BCUT2D eigenvalue weighted by molar-refractivity contribution is 6.30. The molecule has 1 aromatic rings. The highest BCUT2D eigenvalue weighted by atomic mass is 35.5. The van der Waals surface area contributed by atoms with E-state index in [1.54, 1.807) is 12.1 Å². The minimum Gasteiger partial charge on any atom is -0.312 e. The number of rotatable bonds is 5. The van der Waals surface area contributed by atoms with E-state index in [0.717, 1.165) is 24.6 Å². The Morgan fingerprint density at radius 2 is 2.12 bits per heavy atom. The van der Waals surface area contributed by atoms with Crippen LogP contribution in [0.3, 0.4) is 0 Å². The highest BCUT2D eigenvalue weighted by Gasteiger charge is 2.44. The Bertz CT molecular complexity index is 399. The minimum atomic E-state index is -0.351. The van der Waals surface area contributed by atoms with Gasteiger partial charge in [-0.15, -0.1) is 0 Å². The molecule has 1 fully saturated rings. The molecule has 0 spiro atoms. The first-order valence-electron chi connectivity index (χ1n) is 6.18. The molecule has 17 heavy (non-hydrogen) atoms. The molecule has 0 heterocycles. The Hall–Kier alpha value is -0.600. The van der Waals surface area contributed by atoms with Gasteiger partial charge in [-0.2, -0.15) is 0 Å². The molecule has 1 N–H and O–H groups in total. The van der Waals surface area contributed by atoms with Crippen LogP contribution >= 0.6 is 11.6 Å². The summed E-state index contributed by atoms with van der Waals surface area (Å²) in [5, 5.41) is 3.65. The van der Waals surface area contributed by atoms with E-state index in [4.69, 9.17) is 11.6 Å². The van der Waals surface area contributed by atoms with Gasteiger partial charge in [0.05, 0.1) is 5.02 Å². The summed E-state index contributed by atoms with van der Waals surface area (Å²) in [6.07, 6.45) is 2.64. The number of hydrogen-bond donors (Lipinski definition) is 1. The molecule has 0 radical (unpaired) electrons. The predicted molar refractivity (Wildman–Crippen MR) is 69.6 cm³/mol. The van der Waals surface area contributed by atoms with Crippen molar-refractivity contribution in [3.8, 4) is 0 Å². The summed E-state index contributed by atoms with van der Waals surface area (Å²) in [5.41, 5.74) is 1.54. The van der Waals surface area contributed by atoms with E-state index < -0.39 is 0 Å². The monoisotopic (exact) mass is 255 g/mol. The second kappa shape index (κ2) is 4.95. The van der Waals surface area contributed by atoms with Crippen molar-refractivity contribution in [1.82, 2.24) is 5.32 Å². The predicted octanol–water partition coefficient (Wildman–Crippen LogP) is 4.00. The van der Waals surface area contributed by atoms with E-state index in [1.807, 2.05) is 0 Å². The van der Waals surface area contributed by atoms with Gasteiger partial charge in [0, 0.05) is 13.1 Å². The molecular weight excluding hydrogens is 237 g/mol. The van der Waals surface area contributed by atoms with Crippen LogP contribution in [0, 0.1) is 17.2 Å². The first kappa shape index (κ1) is 12.8. The molecule has 1 aliphatic carbocycles. The van der Waals surface area contributed by atoms with Crippen LogP contribution in [0.15, 0.2) is 18.2 Å². The molecule has 0 amide bonds. The summed E-state index contributed by atoms with van der Waals surface area (Å²) in [6, 6.07) is 4.90. The average molecular weight is 256 g/mol. The third-order valence-corrected chi connectivity index (χ3v) is 4.20. The van der Waals surface area contributed by atoms with Gasteiger partial charge in [0.1, 0.15) is 5.82 Å². The average Bonchev–Trinajstić information content (AvgIpc) is 3.04. The molecule has 0 unspecified atom stereocenters. The van der Waals surface area contributed by atoms with Crippen molar-refractivity contribution < 1.29 is 4.39 Å². The first-order chi connectivity index (χ1) is 8.03. The summed E-state index contributed by atoms with van der Waals surface area (Å²) < 4.78 is 13.0. The fraction of sp³-hybridized carbons (Fsp3) is 0.571. The lowest BCUT2D eigenvalue weighted by molar-refractivity contribution is 0.338. The zero-order valence-corrected chi connectivity index (χ0v) is 11.1. The van der Waals surface area contributed by atoms with Crippen LogP contribution in [0.25, 0.3) is 0 Å². The van der Waals surface area contributed by atoms with Crippen molar-refractivity contribution in [2.45, 2.75) is 33.2 Å². The van der Waals surface area contributed by atoms with Crippen LogP contribution < -0.4 is 5.32 Å². The largest absolute Gasteiger partial charge is 0.312 e. The van der Waals surface area contributed by atoms with Crippen LogP contribution in [-0.4, -0.2) is 6.54 Å². The first-order valence-corrected chi connectivity index (χ1v) is 6.56. The third-order valence-electron chi connectivity index (χ3n) is 3.91. The van der Waals surface area contributed by atoms with Gasteiger partial charge < -0.3 is 5.32 Å². The van der Waals surface area contributed by atoms with Crippen LogP contribution in [0.1, 0.15) is 32.3 Å². The Balaban J connectivity index is 1.84. The molecule has 1 saturated carbocycles. The lowest BCUT2D eigenvalue weighted by atomic mass is 9.92. The Labute approximate surface area is 107 Å². The second-order valence-electron chi connectivity index (χ2n) is 5.37. The summed E-state index contributed by atoms with van der Waals surface area (Å²) in [4.78, 5) is 0. The van der Waals surface area contributed by atoms with Gasteiger partial charge in [0.2, 0.25) is 0 Å². The van der Waals surface area contributed by atoms with Crippen molar-refractivity contribution in [2.75, 3.05) is 6.54 Å². The zero-order valence-electron chi connectivity index (χ0n) is 10.4. The van der Waals surface area contributed by atoms with Gasteiger partial charge in [-0.3, -0.25) is 0 Å². The molecule has 1 nitrogen and oxygen atoms in total. The zero-order chi connectivity index (χ0) is 12.5. The topological polar surface area (TPSA) is 12.0 Å². The molecule has 2 rings (SSSR count). The molecule has 1 aromatic carbocycles. The molecule has 0 bridgehead atoms. The number of nitrogens with one attached hydrogen (secondary N) is 1. The van der Waals surface area contributed by atoms with Crippen molar-refractivity contribution in [3.05, 3.63) is 34.6 Å². The number of halogens is 2. The molecule has 94 valence electrons. The van der Waals surface area contributed by atoms with E-state index in [9.17, 15) is 4.39 Å². The van der Waals surface area contributed by atoms with Crippen LogP contribution in [-0.2, 0) is 6.54 Å². The van der Waals surface area contributed by atoms with Crippen molar-refractivity contribution >= 4 is 11.6 Å². The summed E-state index contributed by atoms with van der Waals surface area (Å²) in [7, 11) is 0. The standard InChI is InChI=1S/C14H19ClFN/c1-10(2)14(5-6-14)9-17-8-11-3-4-13(16)12(15)7-11/h3-4,7,10,17H,5-6,8-9H2,1-2H3. The van der Waals surface area contributed by atoms with Crippen LogP contribution in [0.4, 0.5) is 4.39 Å². The van der Waals surface area contributed by atoms with Gasteiger partial charge in [0.25, 0.3) is 0 Å². The lowest BCUT2D eigenvalue weighted by Gasteiger charge is -2.20. The number of hydrogen-bond acceptors (Lipinski definition) is 1. The second-order valence-corrected chi connectivity index (χ2v) is 5.78. The Morgan fingerprint density at radius 3 is 2.65 bits per heavy atom. The van der Waals surface area contributed by atoms with E-state index in [2.05, 4.69) is 19.2 Å². The Morgan fingerprint density at radius 1 is 1.41 bits per heavy atom. The number of benzene rings is 1. The molecule has 0 saturated heterocycles.